The van der Waals surface area contributed by atoms with Gasteiger partial charge in [-0.15, -0.1) is 0 Å². The molecular weight excluding hydrogens is 379 g/mol. The number of Topliss-reactive ketones (excluding diaryl/α,β-unsaturated/α-hetero) is 1. The molecule has 3 aromatic rings. The third kappa shape index (κ3) is 4.29. The number of carbonyl (C=O) groups excluding carboxylic acids is 1. The van der Waals surface area contributed by atoms with Crippen molar-refractivity contribution in [3.63, 3.8) is 0 Å². The zero-order valence-electron chi connectivity index (χ0n) is 15.0. The number of thioether (sulfide) groups is 1. The van der Waals surface area contributed by atoms with Gasteiger partial charge in [0.05, 0.1) is 23.9 Å². The third-order valence-corrected chi connectivity index (χ3v) is 5.09. The number of halogens is 3. The zero-order chi connectivity index (χ0) is 19.8. The van der Waals surface area contributed by atoms with E-state index in [4.69, 9.17) is 4.74 Å². The summed E-state index contributed by atoms with van der Waals surface area (Å²) in [6, 6.07) is 6.91. The predicted molar refractivity (Wildman–Crippen MR) is 97.7 cm³/mol. The average Bonchev–Trinajstić information content (AvgIpc) is 3.13. The molecule has 27 heavy (non-hydrogen) atoms. The number of carbonyl (C=O) groups is 1. The predicted octanol–water partition coefficient (Wildman–Crippen LogP) is 4.53. The second-order valence-corrected chi connectivity index (χ2v) is 7.09. The van der Waals surface area contributed by atoms with Crippen molar-refractivity contribution in [1.82, 2.24) is 14.5 Å². The van der Waals surface area contributed by atoms with Crippen molar-refractivity contribution in [3.05, 3.63) is 41.2 Å². The Balaban J connectivity index is 1.73. The van der Waals surface area contributed by atoms with Crippen molar-refractivity contribution < 1.29 is 22.7 Å². The number of benzene rings is 1. The highest BCUT2D eigenvalue weighted by atomic mass is 32.2. The fourth-order valence-corrected chi connectivity index (χ4v) is 3.65. The highest BCUT2D eigenvalue weighted by Crippen LogP contribution is 2.26. The number of imidazole rings is 1. The first-order valence-corrected chi connectivity index (χ1v) is 9.09. The number of alkyl halides is 3. The van der Waals surface area contributed by atoms with Crippen molar-refractivity contribution in [2.45, 2.75) is 31.7 Å². The van der Waals surface area contributed by atoms with Crippen molar-refractivity contribution >= 4 is 28.6 Å². The topological polar surface area (TPSA) is 59.9 Å². The number of aromatic nitrogens is 3. The van der Waals surface area contributed by atoms with Gasteiger partial charge in [0, 0.05) is 23.0 Å². The Labute approximate surface area is 157 Å². The molecule has 0 aliphatic carbocycles. The lowest BCUT2D eigenvalue weighted by molar-refractivity contribution is -0.141. The van der Waals surface area contributed by atoms with Crippen LogP contribution in [0.25, 0.3) is 11.0 Å². The highest BCUT2D eigenvalue weighted by Gasteiger charge is 2.30. The van der Waals surface area contributed by atoms with Gasteiger partial charge in [-0.05, 0) is 32.0 Å². The molecule has 0 spiro atoms. The minimum Gasteiger partial charge on any atom is -0.497 e. The Morgan fingerprint density at radius 1 is 1.30 bits per heavy atom. The fraction of sp³-hybridized carbons (Fsp3) is 0.333. The van der Waals surface area contributed by atoms with Crippen LogP contribution in [-0.2, 0) is 6.54 Å². The first kappa shape index (κ1) is 19.3. The lowest BCUT2D eigenvalue weighted by Gasteiger charge is -2.12. The molecule has 1 N–H and O–H groups in total. The maximum Gasteiger partial charge on any atom is 0.406 e. The van der Waals surface area contributed by atoms with Gasteiger partial charge in [0.1, 0.15) is 12.3 Å². The Hall–Kier alpha value is -2.42. The van der Waals surface area contributed by atoms with E-state index in [-0.39, 0.29) is 11.5 Å². The standard InChI is InChI=1S/C18H18F3N3O2S/c1-10-6-13(11(2)24(10)9-18(19,20)21)16(25)8-27-17-22-14-5-4-12(26-3)7-15(14)23-17/h4-7H,8-9H2,1-3H3,(H,22,23). The number of H-pyrrole nitrogens is 1. The van der Waals surface area contributed by atoms with Crippen LogP contribution in [0.2, 0.25) is 0 Å². The van der Waals surface area contributed by atoms with E-state index in [2.05, 4.69) is 9.97 Å². The average molecular weight is 397 g/mol. The number of nitrogens with zero attached hydrogens (tertiary/aromatic N) is 2. The van der Waals surface area contributed by atoms with Gasteiger partial charge in [0.15, 0.2) is 10.9 Å². The number of fused-ring (bicyclic) bond motifs is 1. The number of nitrogens with one attached hydrogen (secondary N) is 1. The molecule has 0 fully saturated rings. The van der Waals surface area contributed by atoms with Gasteiger partial charge < -0.3 is 14.3 Å². The summed E-state index contributed by atoms with van der Waals surface area (Å²) in [4.78, 5) is 20.0. The molecule has 0 saturated carbocycles. The van der Waals surface area contributed by atoms with Gasteiger partial charge in [-0.1, -0.05) is 11.8 Å². The number of ether oxygens (including phenoxy) is 1. The molecule has 3 rings (SSSR count). The maximum absolute atomic E-state index is 12.7. The summed E-state index contributed by atoms with van der Waals surface area (Å²) in [5, 5.41) is 0.565. The van der Waals surface area contributed by atoms with E-state index in [0.29, 0.717) is 27.9 Å². The fourth-order valence-electron chi connectivity index (χ4n) is 2.88. The van der Waals surface area contributed by atoms with Crippen LogP contribution >= 0.6 is 11.8 Å². The molecule has 5 nitrogen and oxygen atoms in total. The smallest absolute Gasteiger partial charge is 0.406 e. The minimum absolute atomic E-state index is 0.0767. The largest absolute Gasteiger partial charge is 0.497 e. The number of hydrogen-bond acceptors (Lipinski definition) is 4. The van der Waals surface area contributed by atoms with Gasteiger partial charge in [-0.25, -0.2) is 4.98 Å². The summed E-state index contributed by atoms with van der Waals surface area (Å²) < 4.78 is 44.4. The third-order valence-electron chi connectivity index (χ3n) is 4.22. The summed E-state index contributed by atoms with van der Waals surface area (Å²) in [5.41, 5.74) is 2.57. The number of aromatic amines is 1. The Morgan fingerprint density at radius 2 is 2.04 bits per heavy atom. The van der Waals surface area contributed by atoms with E-state index in [1.165, 1.54) is 24.8 Å². The van der Waals surface area contributed by atoms with Crippen LogP contribution in [0.5, 0.6) is 5.75 Å². The highest BCUT2D eigenvalue weighted by molar-refractivity contribution is 7.99. The van der Waals surface area contributed by atoms with Crippen LogP contribution < -0.4 is 4.74 Å². The normalized spacial score (nSPS) is 11.9. The molecule has 2 aromatic heterocycles. The number of hydrogen-bond donors (Lipinski definition) is 1. The van der Waals surface area contributed by atoms with Crippen LogP contribution in [0.4, 0.5) is 13.2 Å². The van der Waals surface area contributed by atoms with Crippen molar-refractivity contribution in [3.8, 4) is 5.75 Å². The molecule has 0 bridgehead atoms. The van der Waals surface area contributed by atoms with Crippen molar-refractivity contribution in [1.29, 1.82) is 0 Å². The molecule has 0 unspecified atom stereocenters. The zero-order valence-corrected chi connectivity index (χ0v) is 15.8. The molecule has 0 saturated heterocycles. The van der Waals surface area contributed by atoms with Gasteiger partial charge in [0.2, 0.25) is 0 Å². The van der Waals surface area contributed by atoms with Gasteiger partial charge in [0.25, 0.3) is 0 Å². The molecule has 2 heterocycles. The number of methoxy groups -OCH3 is 1. The molecular formula is C18H18F3N3O2S. The summed E-state index contributed by atoms with van der Waals surface area (Å²) in [7, 11) is 1.57. The van der Waals surface area contributed by atoms with E-state index in [1.54, 1.807) is 32.2 Å². The molecule has 0 amide bonds. The molecule has 1 aromatic carbocycles. The van der Waals surface area contributed by atoms with Crippen LogP contribution in [-0.4, -0.2) is 39.4 Å². The lowest BCUT2D eigenvalue weighted by atomic mass is 10.2. The second kappa shape index (κ2) is 7.30. The van der Waals surface area contributed by atoms with Crippen LogP contribution in [0.15, 0.2) is 29.4 Å². The van der Waals surface area contributed by atoms with Crippen molar-refractivity contribution in [2.24, 2.45) is 0 Å². The lowest BCUT2D eigenvalue weighted by Crippen LogP contribution is -2.19. The number of aryl methyl sites for hydroxylation is 1. The van der Waals surface area contributed by atoms with Crippen LogP contribution in [0.1, 0.15) is 21.7 Å². The van der Waals surface area contributed by atoms with Gasteiger partial charge in [-0.2, -0.15) is 13.2 Å². The molecule has 0 aliphatic heterocycles. The first-order valence-electron chi connectivity index (χ1n) is 8.11. The Kier molecular flexibility index (Phi) is 5.23. The summed E-state index contributed by atoms with van der Waals surface area (Å²) in [5.74, 6) is 0.531. The monoisotopic (exact) mass is 397 g/mol. The minimum atomic E-state index is -4.33. The van der Waals surface area contributed by atoms with E-state index in [9.17, 15) is 18.0 Å². The van der Waals surface area contributed by atoms with Gasteiger partial charge >= 0.3 is 6.18 Å². The molecule has 0 aliphatic rings. The van der Waals surface area contributed by atoms with E-state index in [0.717, 1.165) is 15.6 Å². The molecule has 9 heteroatoms. The summed E-state index contributed by atoms with van der Waals surface area (Å²) in [6.45, 7) is 2.00. The summed E-state index contributed by atoms with van der Waals surface area (Å²) >= 11 is 1.21. The first-order chi connectivity index (χ1) is 12.7. The Morgan fingerprint density at radius 3 is 2.70 bits per heavy atom. The Bertz CT molecular complexity index is 992. The van der Waals surface area contributed by atoms with Crippen molar-refractivity contribution in [2.75, 3.05) is 12.9 Å². The van der Waals surface area contributed by atoms with Crippen LogP contribution in [0.3, 0.4) is 0 Å². The van der Waals surface area contributed by atoms with E-state index >= 15 is 0 Å². The van der Waals surface area contributed by atoms with Gasteiger partial charge in [-0.3, -0.25) is 4.79 Å². The molecule has 144 valence electrons. The van der Waals surface area contributed by atoms with E-state index in [1.807, 2.05) is 0 Å². The quantitative estimate of drug-likeness (QED) is 0.491. The number of ketones is 1. The SMILES string of the molecule is COc1ccc2nc(SCC(=O)c3cc(C)n(CC(F)(F)F)c3C)[nH]c2c1. The summed E-state index contributed by atoms with van der Waals surface area (Å²) in [6.07, 6.45) is -4.33. The number of rotatable bonds is 6. The molecule has 0 radical (unpaired) electrons. The second-order valence-electron chi connectivity index (χ2n) is 6.12. The molecule has 0 atom stereocenters. The van der Waals surface area contributed by atoms with Crippen LogP contribution in [0, 0.1) is 13.8 Å². The van der Waals surface area contributed by atoms with E-state index < -0.39 is 12.7 Å². The maximum atomic E-state index is 12.7.